The molecule has 0 bridgehead atoms. The van der Waals surface area contributed by atoms with Crippen LogP contribution in [0.4, 0.5) is 4.79 Å². The molecular weight excluding hydrogens is 192 g/mol. The van der Waals surface area contributed by atoms with Gasteiger partial charge in [-0.1, -0.05) is 20.8 Å². The van der Waals surface area contributed by atoms with E-state index >= 15 is 0 Å². The molecule has 0 aromatic rings. The number of hydrogen-bond acceptors (Lipinski definition) is 3. The van der Waals surface area contributed by atoms with Crippen LogP contribution in [0.3, 0.4) is 0 Å². The molecule has 1 rings (SSSR count). The Morgan fingerprint density at radius 2 is 2.27 bits per heavy atom. The smallest absolute Gasteiger partial charge is 0.410 e. The van der Waals surface area contributed by atoms with E-state index in [-0.39, 0.29) is 12.1 Å². The van der Waals surface area contributed by atoms with Crippen molar-refractivity contribution in [1.29, 1.82) is 0 Å². The second-order valence-electron chi connectivity index (χ2n) is 4.73. The van der Waals surface area contributed by atoms with E-state index in [1.165, 1.54) is 0 Å². The van der Waals surface area contributed by atoms with Crippen LogP contribution in [-0.2, 0) is 4.74 Å². The van der Waals surface area contributed by atoms with E-state index in [0.717, 1.165) is 13.0 Å². The van der Waals surface area contributed by atoms with Crippen molar-refractivity contribution in [3.05, 3.63) is 0 Å². The Morgan fingerprint density at radius 3 is 2.80 bits per heavy atom. The van der Waals surface area contributed by atoms with Crippen LogP contribution >= 0.6 is 0 Å². The van der Waals surface area contributed by atoms with Crippen molar-refractivity contribution in [2.75, 3.05) is 19.7 Å². The monoisotopic (exact) mass is 214 g/mol. The molecule has 4 nitrogen and oxygen atoms in total. The molecule has 0 spiro atoms. The summed E-state index contributed by atoms with van der Waals surface area (Å²) in [6.45, 7) is 7.98. The Hall–Kier alpha value is -0.770. The number of hydrogen-bond donors (Lipinski definition) is 1. The van der Waals surface area contributed by atoms with E-state index in [9.17, 15) is 4.79 Å². The molecule has 15 heavy (non-hydrogen) atoms. The predicted molar refractivity (Wildman–Crippen MR) is 59.5 cm³/mol. The summed E-state index contributed by atoms with van der Waals surface area (Å²) in [7, 11) is 0. The van der Waals surface area contributed by atoms with Gasteiger partial charge in [-0.15, -0.1) is 0 Å². The summed E-state index contributed by atoms with van der Waals surface area (Å²) < 4.78 is 5.20. The van der Waals surface area contributed by atoms with Crippen LogP contribution in [0.2, 0.25) is 0 Å². The molecule has 0 radical (unpaired) electrons. The lowest BCUT2D eigenvalue weighted by Gasteiger charge is -2.25. The molecular formula is C11H22N2O2. The summed E-state index contributed by atoms with van der Waals surface area (Å²) in [6, 6.07) is 0.157. The average Bonchev–Trinajstić information content (AvgIpc) is 2.55. The van der Waals surface area contributed by atoms with Crippen molar-refractivity contribution in [3.63, 3.8) is 0 Å². The molecule has 1 fully saturated rings. The fraction of sp³-hybridized carbons (Fsp3) is 0.909. The van der Waals surface area contributed by atoms with Gasteiger partial charge in [0, 0.05) is 19.1 Å². The molecule has 1 aliphatic rings. The molecule has 1 saturated heterocycles. The normalized spacial score (nSPS) is 26.1. The van der Waals surface area contributed by atoms with E-state index in [1.807, 2.05) is 13.8 Å². The van der Waals surface area contributed by atoms with E-state index in [1.54, 1.807) is 4.90 Å². The number of ether oxygens (including phenoxy) is 1. The number of rotatable bonds is 3. The number of amides is 1. The van der Waals surface area contributed by atoms with E-state index in [0.29, 0.717) is 25.0 Å². The Kier molecular flexibility index (Phi) is 4.39. The van der Waals surface area contributed by atoms with Crippen molar-refractivity contribution in [2.45, 2.75) is 33.2 Å². The second kappa shape index (κ2) is 5.35. The third-order valence-electron chi connectivity index (χ3n) is 2.90. The molecule has 1 heterocycles. The van der Waals surface area contributed by atoms with Crippen LogP contribution in [0.5, 0.6) is 0 Å². The number of carbonyl (C=O) groups excluding carboxylic acids is 1. The zero-order valence-electron chi connectivity index (χ0n) is 9.90. The highest BCUT2D eigenvalue weighted by atomic mass is 16.6. The maximum Gasteiger partial charge on any atom is 0.410 e. The molecule has 0 aromatic carbocycles. The molecule has 2 atom stereocenters. The zero-order valence-corrected chi connectivity index (χ0v) is 9.90. The maximum atomic E-state index is 11.7. The van der Waals surface area contributed by atoms with Crippen LogP contribution < -0.4 is 5.73 Å². The minimum atomic E-state index is -0.205. The van der Waals surface area contributed by atoms with Crippen LogP contribution in [-0.4, -0.2) is 36.7 Å². The van der Waals surface area contributed by atoms with Gasteiger partial charge in [-0.2, -0.15) is 0 Å². The highest BCUT2D eigenvalue weighted by Gasteiger charge is 2.34. The molecule has 1 aliphatic heterocycles. The molecule has 4 heteroatoms. The topological polar surface area (TPSA) is 55.6 Å². The largest absolute Gasteiger partial charge is 0.449 e. The van der Waals surface area contributed by atoms with Gasteiger partial charge in [0.1, 0.15) is 0 Å². The van der Waals surface area contributed by atoms with Gasteiger partial charge in [0.15, 0.2) is 0 Å². The molecule has 2 unspecified atom stereocenters. The van der Waals surface area contributed by atoms with Crippen molar-refractivity contribution in [3.8, 4) is 0 Å². The second-order valence-corrected chi connectivity index (χ2v) is 4.73. The third-order valence-corrected chi connectivity index (χ3v) is 2.90. The summed E-state index contributed by atoms with van der Waals surface area (Å²) in [4.78, 5) is 13.5. The standard InChI is InChI=1S/C11H22N2O2/c1-8(2)7-15-11(14)13-5-4-9(3)10(13)6-12/h8-10H,4-7,12H2,1-3H3. The van der Waals surface area contributed by atoms with Crippen molar-refractivity contribution in [2.24, 2.45) is 17.6 Å². The van der Waals surface area contributed by atoms with E-state index in [2.05, 4.69) is 6.92 Å². The van der Waals surface area contributed by atoms with Gasteiger partial charge in [0.05, 0.1) is 6.61 Å². The van der Waals surface area contributed by atoms with Crippen LogP contribution in [0.15, 0.2) is 0 Å². The minimum Gasteiger partial charge on any atom is -0.449 e. The number of carbonyl (C=O) groups is 1. The number of nitrogens with two attached hydrogens (primary N) is 1. The Labute approximate surface area is 91.8 Å². The van der Waals surface area contributed by atoms with Crippen molar-refractivity contribution < 1.29 is 9.53 Å². The Morgan fingerprint density at radius 1 is 1.60 bits per heavy atom. The quantitative estimate of drug-likeness (QED) is 0.773. The fourth-order valence-corrected chi connectivity index (χ4v) is 1.92. The fourth-order valence-electron chi connectivity index (χ4n) is 1.92. The Bertz CT molecular complexity index is 219. The van der Waals surface area contributed by atoms with Crippen LogP contribution in [0.25, 0.3) is 0 Å². The first-order chi connectivity index (χ1) is 7.06. The summed E-state index contributed by atoms with van der Waals surface area (Å²) in [5.74, 6) is 0.868. The highest BCUT2D eigenvalue weighted by molar-refractivity contribution is 5.68. The molecule has 88 valence electrons. The van der Waals surface area contributed by atoms with Crippen LogP contribution in [0, 0.1) is 11.8 Å². The van der Waals surface area contributed by atoms with E-state index in [4.69, 9.17) is 10.5 Å². The SMILES string of the molecule is CC(C)COC(=O)N1CCC(C)C1CN. The van der Waals surface area contributed by atoms with Gasteiger partial charge in [-0.25, -0.2) is 4.79 Å². The predicted octanol–water partition coefficient (Wildman–Crippen LogP) is 1.45. The summed E-state index contributed by atoms with van der Waals surface area (Å²) in [5.41, 5.74) is 5.66. The molecule has 0 aliphatic carbocycles. The average molecular weight is 214 g/mol. The summed E-state index contributed by atoms with van der Waals surface area (Å²) in [5, 5.41) is 0. The van der Waals surface area contributed by atoms with Crippen LogP contribution in [0.1, 0.15) is 27.2 Å². The first kappa shape index (κ1) is 12.3. The first-order valence-corrected chi connectivity index (χ1v) is 5.69. The van der Waals surface area contributed by atoms with Crippen molar-refractivity contribution in [1.82, 2.24) is 4.90 Å². The van der Waals surface area contributed by atoms with Gasteiger partial charge >= 0.3 is 6.09 Å². The van der Waals surface area contributed by atoms with Gasteiger partial charge in [0.25, 0.3) is 0 Å². The minimum absolute atomic E-state index is 0.157. The molecule has 0 saturated carbocycles. The van der Waals surface area contributed by atoms with E-state index < -0.39 is 0 Å². The first-order valence-electron chi connectivity index (χ1n) is 5.69. The van der Waals surface area contributed by atoms with Gasteiger partial charge < -0.3 is 15.4 Å². The molecule has 2 N–H and O–H groups in total. The molecule has 1 amide bonds. The summed E-state index contributed by atoms with van der Waals surface area (Å²) >= 11 is 0. The van der Waals surface area contributed by atoms with Crippen molar-refractivity contribution >= 4 is 6.09 Å². The maximum absolute atomic E-state index is 11.7. The van der Waals surface area contributed by atoms with Gasteiger partial charge in [0.2, 0.25) is 0 Å². The number of nitrogens with zero attached hydrogens (tertiary/aromatic N) is 1. The number of likely N-dealkylation sites (tertiary alicyclic amines) is 1. The lowest BCUT2D eigenvalue weighted by atomic mass is 10.0. The van der Waals surface area contributed by atoms with Gasteiger partial charge in [-0.05, 0) is 18.3 Å². The lowest BCUT2D eigenvalue weighted by molar-refractivity contribution is 0.0864. The molecule has 0 aromatic heterocycles. The Balaban J connectivity index is 2.45. The van der Waals surface area contributed by atoms with Gasteiger partial charge in [-0.3, -0.25) is 0 Å². The lowest BCUT2D eigenvalue weighted by Crippen LogP contribution is -2.42. The third kappa shape index (κ3) is 3.09. The summed E-state index contributed by atoms with van der Waals surface area (Å²) in [6.07, 6.45) is 0.821. The zero-order chi connectivity index (χ0) is 11.4. The highest BCUT2D eigenvalue weighted by Crippen LogP contribution is 2.23.